The van der Waals surface area contributed by atoms with Gasteiger partial charge >= 0.3 is 41.5 Å². The minimum absolute atomic E-state index is 0. The number of hydrogen-bond acceptors (Lipinski definition) is 6. The van der Waals surface area contributed by atoms with Crippen molar-refractivity contribution in [3.8, 4) is 5.75 Å². The topological polar surface area (TPSA) is 166 Å². The Kier molecular flexibility index (Phi) is 9.01. The molecule has 0 radical (unpaired) electrons. The molecule has 4 N–H and O–H groups in total. The van der Waals surface area contributed by atoms with E-state index in [4.69, 9.17) is 23.2 Å². The number of rotatable bonds is 5. The number of benzene rings is 2. The van der Waals surface area contributed by atoms with Crippen molar-refractivity contribution in [2.45, 2.75) is 18.7 Å². The van der Waals surface area contributed by atoms with E-state index in [1.165, 1.54) is 26.0 Å². The van der Waals surface area contributed by atoms with Gasteiger partial charge in [0.1, 0.15) is 21.8 Å². The number of carboxylic acid groups (broad SMARTS) is 2. The van der Waals surface area contributed by atoms with Gasteiger partial charge in [-0.3, -0.25) is 9.35 Å². The van der Waals surface area contributed by atoms with Crippen molar-refractivity contribution >= 4 is 56.6 Å². The number of aryl methyl sites for hydroxylation is 1. The van der Waals surface area contributed by atoms with E-state index in [0.717, 1.165) is 24.3 Å². The normalized spacial score (nSPS) is 15.0. The number of carbonyl (C=O) groups is 3. The van der Waals surface area contributed by atoms with Gasteiger partial charge in [0, 0.05) is 5.56 Å². The molecule has 0 spiro atoms. The number of Topliss-reactive ketones (excluding diaryl/α,β-unsaturated/α-hetero) is 1. The molecule has 0 heterocycles. The first-order valence-electron chi connectivity index (χ1n) is 9.60. The number of aliphatic carboxylic acids is 1. The van der Waals surface area contributed by atoms with Gasteiger partial charge in [-0.25, -0.2) is 9.59 Å². The van der Waals surface area contributed by atoms with Gasteiger partial charge in [0.25, 0.3) is 10.1 Å². The van der Waals surface area contributed by atoms with Gasteiger partial charge in [0.2, 0.25) is 0 Å². The van der Waals surface area contributed by atoms with Crippen LogP contribution in [0.1, 0.15) is 34.0 Å². The molecule has 0 aliphatic heterocycles. The van der Waals surface area contributed by atoms with Crippen LogP contribution in [0.3, 0.4) is 0 Å². The van der Waals surface area contributed by atoms with Crippen molar-refractivity contribution in [1.82, 2.24) is 0 Å². The van der Waals surface area contributed by atoms with Crippen LogP contribution >= 0.6 is 23.2 Å². The fraction of sp³-hybridized carbons (Fsp3) is 0.0870. The third-order valence-electron chi connectivity index (χ3n) is 5.20. The third-order valence-corrected chi connectivity index (χ3v) is 6.91. The van der Waals surface area contributed by atoms with Crippen LogP contribution in [-0.2, 0) is 19.7 Å². The molecular weight excluding hydrogens is 546 g/mol. The Morgan fingerprint density at radius 1 is 0.972 bits per heavy atom. The molecule has 0 amide bonds. The van der Waals surface area contributed by atoms with Crippen molar-refractivity contribution < 1.29 is 72.2 Å². The molecule has 2 aromatic rings. The number of phenols is 1. The summed E-state index contributed by atoms with van der Waals surface area (Å²) in [5, 5.41) is 28.6. The van der Waals surface area contributed by atoms with Crippen LogP contribution < -0.4 is 29.6 Å². The molecule has 2 aromatic carbocycles. The van der Waals surface area contributed by atoms with Gasteiger partial charge in [0.15, 0.2) is 5.78 Å². The minimum atomic E-state index is -4.83. The number of aromatic hydroxyl groups is 1. The zero-order chi connectivity index (χ0) is 26.4. The van der Waals surface area contributed by atoms with Crippen molar-refractivity contribution in [3.05, 3.63) is 85.4 Å². The number of carboxylic acids is 2. The number of hydrogen-bond donors (Lipinski definition) is 4. The van der Waals surface area contributed by atoms with Crippen molar-refractivity contribution in [3.63, 3.8) is 0 Å². The second kappa shape index (κ2) is 10.9. The molecule has 0 aromatic heterocycles. The average Bonchev–Trinajstić information content (AvgIpc) is 2.73. The van der Waals surface area contributed by atoms with Gasteiger partial charge in [-0.2, -0.15) is 8.42 Å². The first-order valence-corrected chi connectivity index (χ1v) is 11.8. The summed E-state index contributed by atoms with van der Waals surface area (Å²) in [6.07, 6.45) is 2.32. The van der Waals surface area contributed by atoms with E-state index in [-0.39, 0.29) is 68.0 Å². The minimum Gasteiger partial charge on any atom is -0.507 e. The second-order valence-corrected chi connectivity index (χ2v) is 9.73. The molecule has 3 rings (SSSR count). The van der Waals surface area contributed by atoms with Crippen molar-refractivity contribution in [2.75, 3.05) is 0 Å². The molecule has 36 heavy (non-hydrogen) atoms. The summed E-state index contributed by atoms with van der Waals surface area (Å²) >= 11 is 12.7. The maximum atomic E-state index is 12.4. The van der Waals surface area contributed by atoms with Crippen molar-refractivity contribution in [2.24, 2.45) is 0 Å². The average molecular weight is 562 g/mol. The smallest absolute Gasteiger partial charge is 0.507 e. The van der Waals surface area contributed by atoms with Gasteiger partial charge in [0.05, 0.1) is 10.0 Å². The number of aromatic carboxylic acids is 1. The molecule has 0 bridgehead atoms. The van der Waals surface area contributed by atoms with E-state index >= 15 is 0 Å². The largest absolute Gasteiger partial charge is 1.00 e. The summed E-state index contributed by atoms with van der Waals surface area (Å²) in [6.45, 7) is 2.77. The van der Waals surface area contributed by atoms with E-state index in [1.54, 1.807) is 0 Å². The number of allylic oxidation sites excluding steroid dienone is 4. The van der Waals surface area contributed by atoms with Gasteiger partial charge in [-0.05, 0) is 78.1 Å². The van der Waals surface area contributed by atoms with Crippen LogP contribution in [-0.4, -0.2) is 46.0 Å². The van der Waals surface area contributed by atoms with E-state index < -0.39 is 54.6 Å². The quantitative estimate of drug-likeness (QED) is 0.239. The van der Waals surface area contributed by atoms with Crippen LogP contribution in [0.2, 0.25) is 10.0 Å². The molecule has 0 saturated heterocycles. The second-order valence-electron chi connectivity index (χ2n) is 7.55. The molecule has 9 nitrogen and oxygen atoms in total. The zero-order valence-electron chi connectivity index (χ0n) is 19.0. The maximum Gasteiger partial charge on any atom is 1.00 e. The number of halogens is 2. The van der Waals surface area contributed by atoms with E-state index in [9.17, 15) is 42.7 Å². The Morgan fingerprint density at radius 3 is 2.11 bits per heavy atom. The van der Waals surface area contributed by atoms with Gasteiger partial charge in [-0.15, -0.1) is 0 Å². The molecule has 0 unspecified atom stereocenters. The predicted octanol–water partition coefficient (Wildman–Crippen LogP) is 1.30. The Labute approximate surface area is 237 Å². The molecule has 0 fully saturated rings. The molecule has 1 aliphatic carbocycles. The number of carbonyl (C=O) groups excluding carboxylic acids is 1. The van der Waals surface area contributed by atoms with E-state index in [2.05, 4.69) is 0 Å². The van der Waals surface area contributed by atoms with Crippen LogP contribution in [0.5, 0.6) is 5.75 Å². The first-order chi connectivity index (χ1) is 16.1. The summed E-state index contributed by atoms with van der Waals surface area (Å²) in [4.78, 5) is 35.1. The molecule has 0 saturated carbocycles. The van der Waals surface area contributed by atoms with Gasteiger partial charge in [-0.1, -0.05) is 23.2 Å². The molecule has 0 atom stereocenters. The zero-order valence-corrected chi connectivity index (χ0v) is 23.3. The third kappa shape index (κ3) is 5.60. The standard InChI is InChI=1S/C23H16Cl2O9S.Na/c1-9-5-11(7-13(20(9)26)22(28)29)17(12-6-10(2)21(27)14(8-12)23(30)31)18-15(24)3-4-16(19(18)25)35(32,33)34;/h3-8,26H,1-2H3,(H,28,29)(H,30,31)(H,32,33,34);/q;+1/b17-12-;. The molecular formula is C23H16Cl2NaO9S+. The first kappa shape index (κ1) is 29.8. The molecule has 182 valence electrons. The SMILES string of the molecule is CC1=C/C(=C(\c2cc(C)c(O)c(C(=O)O)c2)c2c(Cl)ccc(S(=O)(=O)O)c2Cl)C=C(C(=O)O)C1=O.[Na+]. The Morgan fingerprint density at radius 2 is 1.58 bits per heavy atom. The van der Waals surface area contributed by atoms with Gasteiger partial charge < -0.3 is 15.3 Å². The van der Waals surface area contributed by atoms with Crippen LogP contribution in [0, 0.1) is 6.92 Å². The summed E-state index contributed by atoms with van der Waals surface area (Å²) in [5.41, 5.74) is -1.10. The monoisotopic (exact) mass is 561 g/mol. The summed E-state index contributed by atoms with van der Waals surface area (Å²) in [7, 11) is -4.83. The summed E-state index contributed by atoms with van der Waals surface area (Å²) in [5.74, 6) is -4.30. The predicted molar refractivity (Wildman–Crippen MR) is 127 cm³/mol. The van der Waals surface area contributed by atoms with Crippen molar-refractivity contribution in [1.29, 1.82) is 0 Å². The molecule has 13 heteroatoms. The van der Waals surface area contributed by atoms with Crippen LogP contribution in [0.4, 0.5) is 0 Å². The Balaban J connectivity index is 0.00000456. The summed E-state index contributed by atoms with van der Waals surface area (Å²) < 4.78 is 33.4. The van der Waals surface area contributed by atoms with Crippen LogP contribution in [0.25, 0.3) is 5.57 Å². The number of ketones is 1. The Bertz CT molecular complexity index is 1540. The Hall–Kier alpha value is -2.44. The van der Waals surface area contributed by atoms with E-state index in [0.29, 0.717) is 0 Å². The van der Waals surface area contributed by atoms with E-state index in [1.807, 2.05) is 0 Å². The fourth-order valence-corrected chi connectivity index (χ4v) is 5.00. The maximum absolute atomic E-state index is 12.4. The summed E-state index contributed by atoms with van der Waals surface area (Å²) in [6, 6.07) is 4.50. The fourth-order valence-electron chi connectivity index (χ4n) is 3.58. The van der Waals surface area contributed by atoms with Crippen LogP contribution in [0.15, 0.2) is 58.0 Å². The molecule has 1 aliphatic rings.